The molecule has 0 aliphatic carbocycles. The summed E-state index contributed by atoms with van der Waals surface area (Å²) in [6.45, 7) is 1.81. The molecule has 3 heterocycles. The Kier molecular flexibility index (Phi) is 5.11. The summed E-state index contributed by atoms with van der Waals surface area (Å²) >= 11 is 8.51. The van der Waals surface area contributed by atoms with E-state index in [0.29, 0.717) is 32.3 Å². The van der Waals surface area contributed by atoms with Crippen molar-refractivity contribution >= 4 is 51.4 Å². The molecule has 0 spiro atoms. The van der Waals surface area contributed by atoms with E-state index in [2.05, 4.69) is 30.6 Å². The SMILES string of the molecule is Cc1nnc(NC(=O)CSc2nc(-c3cccc(Cl)c3)nc3cc(=O)[nH]n23)s1. The number of nitrogens with one attached hydrogen (secondary N) is 2. The number of H-pyrrole nitrogens is 1. The third-order valence-corrected chi connectivity index (χ3v) is 5.44. The second-order valence-electron chi connectivity index (χ2n) is 5.62. The van der Waals surface area contributed by atoms with Gasteiger partial charge in [0.15, 0.2) is 16.6 Å². The summed E-state index contributed by atoms with van der Waals surface area (Å²) in [5.41, 5.74) is 0.796. The third kappa shape index (κ3) is 4.06. The summed E-state index contributed by atoms with van der Waals surface area (Å²) in [6.07, 6.45) is 0. The highest BCUT2D eigenvalue weighted by atomic mass is 35.5. The molecule has 9 nitrogen and oxygen atoms in total. The lowest BCUT2D eigenvalue weighted by molar-refractivity contribution is -0.113. The van der Waals surface area contributed by atoms with Crippen molar-refractivity contribution in [1.29, 1.82) is 0 Å². The Balaban J connectivity index is 1.61. The number of carbonyl (C=O) groups excluding carboxylic acids is 1. The van der Waals surface area contributed by atoms with Gasteiger partial charge in [0.1, 0.15) is 5.01 Å². The van der Waals surface area contributed by atoms with Crippen molar-refractivity contribution in [2.24, 2.45) is 0 Å². The minimum atomic E-state index is -0.312. The fourth-order valence-electron chi connectivity index (χ4n) is 2.37. The monoisotopic (exact) mass is 433 g/mol. The Hall–Kier alpha value is -2.76. The topological polar surface area (TPSA) is 118 Å². The number of rotatable bonds is 5. The molecule has 0 atom stereocenters. The minimum absolute atomic E-state index is 0.0694. The van der Waals surface area contributed by atoms with Crippen LogP contribution in [-0.2, 0) is 4.79 Å². The maximum atomic E-state index is 12.2. The molecular weight excluding hydrogens is 422 g/mol. The highest BCUT2D eigenvalue weighted by molar-refractivity contribution is 7.99. The quantitative estimate of drug-likeness (QED) is 0.464. The molecule has 4 rings (SSSR count). The summed E-state index contributed by atoms with van der Waals surface area (Å²) in [5, 5.41) is 15.2. The predicted octanol–water partition coefficient (Wildman–Crippen LogP) is 2.63. The molecule has 0 bridgehead atoms. The molecule has 2 N–H and O–H groups in total. The number of halogens is 1. The van der Waals surface area contributed by atoms with Crippen molar-refractivity contribution in [3.05, 3.63) is 50.7 Å². The molecule has 1 aromatic carbocycles. The summed E-state index contributed by atoms with van der Waals surface area (Å²) in [6, 6.07) is 8.46. The van der Waals surface area contributed by atoms with Gasteiger partial charge in [-0.05, 0) is 19.1 Å². The molecule has 12 heteroatoms. The molecule has 0 radical (unpaired) electrons. The van der Waals surface area contributed by atoms with Gasteiger partial charge in [-0.1, -0.05) is 46.8 Å². The van der Waals surface area contributed by atoms with Crippen LogP contribution < -0.4 is 10.9 Å². The van der Waals surface area contributed by atoms with E-state index in [1.165, 1.54) is 21.9 Å². The van der Waals surface area contributed by atoms with Crippen molar-refractivity contribution < 1.29 is 4.79 Å². The zero-order valence-corrected chi connectivity index (χ0v) is 16.7. The molecule has 142 valence electrons. The van der Waals surface area contributed by atoms with Gasteiger partial charge in [0.2, 0.25) is 11.0 Å². The molecule has 0 aliphatic heterocycles. The first kappa shape index (κ1) is 18.6. The number of benzene rings is 1. The van der Waals surface area contributed by atoms with Gasteiger partial charge < -0.3 is 0 Å². The third-order valence-electron chi connectivity index (χ3n) is 3.51. The highest BCUT2D eigenvalue weighted by Gasteiger charge is 2.14. The van der Waals surface area contributed by atoms with E-state index in [4.69, 9.17) is 11.6 Å². The number of fused-ring (bicyclic) bond motifs is 1. The zero-order chi connectivity index (χ0) is 19.7. The van der Waals surface area contributed by atoms with Crippen LogP contribution in [0.5, 0.6) is 0 Å². The van der Waals surface area contributed by atoms with Gasteiger partial charge in [-0.25, -0.2) is 14.5 Å². The molecule has 1 amide bonds. The van der Waals surface area contributed by atoms with Crippen LogP contribution in [0, 0.1) is 6.92 Å². The molecular formula is C16H12ClN7O2S2. The second-order valence-corrected chi connectivity index (χ2v) is 8.18. The lowest BCUT2D eigenvalue weighted by Crippen LogP contribution is -2.15. The average molecular weight is 434 g/mol. The van der Waals surface area contributed by atoms with Crippen LogP contribution in [-0.4, -0.2) is 41.4 Å². The molecule has 3 aromatic heterocycles. The van der Waals surface area contributed by atoms with E-state index in [9.17, 15) is 9.59 Å². The molecule has 0 aliphatic rings. The van der Waals surface area contributed by atoms with Gasteiger partial charge in [0.25, 0.3) is 5.56 Å². The molecule has 0 fully saturated rings. The average Bonchev–Trinajstić information content (AvgIpc) is 3.23. The first-order valence-electron chi connectivity index (χ1n) is 7.96. The molecule has 4 aromatic rings. The summed E-state index contributed by atoms with van der Waals surface area (Å²) in [7, 11) is 0. The number of nitrogens with zero attached hydrogens (tertiary/aromatic N) is 5. The van der Waals surface area contributed by atoms with E-state index in [0.717, 1.165) is 16.8 Å². The van der Waals surface area contributed by atoms with Gasteiger partial charge in [-0.2, -0.15) is 0 Å². The van der Waals surface area contributed by atoms with E-state index < -0.39 is 0 Å². The van der Waals surface area contributed by atoms with Crippen LogP contribution in [0.2, 0.25) is 5.02 Å². The highest BCUT2D eigenvalue weighted by Crippen LogP contribution is 2.24. The lowest BCUT2D eigenvalue weighted by atomic mass is 10.2. The number of hydrogen-bond acceptors (Lipinski definition) is 8. The van der Waals surface area contributed by atoms with Gasteiger partial charge in [-0.15, -0.1) is 10.2 Å². The van der Waals surface area contributed by atoms with E-state index in [1.54, 1.807) is 25.1 Å². The predicted molar refractivity (Wildman–Crippen MR) is 108 cm³/mol. The van der Waals surface area contributed by atoms with Crippen molar-refractivity contribution in [1.82, 2.24) is 29.8 Å². The maximum absolute atomic E-state index is 12.2. The Morgan fingerprint density at radius 1 is 1.32 bits per heavy atom. The van der Waals surface area contributed by atoms with Crippen molar-refractivity contribution in [3.8, 4) is 11.4 Å². The zero-order valence-electron chi connectivity index (χ0n) is 14.3. The number of hydrogen-bond donors (Lipinski definition) is 2. The normalized spacial score (nSPS) is 11.1. The minimum Gasteiger partial charge on any atom is -0.300 e. The number of aromatic amines is 1. The first-order valence-corrected chi connectivity index (χ1v) is 10.1. The smallest absolute Gasteiger partial charge is 0.266 e. The van der Waals surface area contributed by atoms with Crippen molar-refractivity contribution in [2.75, 3.05) is 11.1 Å². The Labute approximate surface area is 171 Å². The van der Waals surface area contributed by atoms with Crippen LogP contribution in [0.15, 0.2) is 40.3 Å². The number of thioether (sulfide) groups is 1. The van der Waals surface area contributed by atoms with Gasteiger partial charge >= 0.3 is 0 Å². The van der Waals surface area contributed by atoms with Crippen molar-refractivity contribution in [3.63, 3.8) is 0 Å². The molecule has 0 unspecified atom stereocenters. The van der Waals surface area contributed by atoms with Crippen LogP contribution in [0.25, 0.3) is 17.0 Å². The summed E-state index contributed by atoms with van der Waals surface area (Å²) in [5.74, 6) is 0.218. The van der Waals surface area contributed by atoms with Gasteiger partial charge in [-0.3, -0.25) is 20.0 Å². The number of carbonyl (C=O) groups is 1. The maximum Gasteiger partial charge on any atom is 0.266 e. The largest absolute Gasteiger partial charge is 0.300 e. The molecule has 0 saturated carbocycles. The number of anilines is 1. The molecule has 0 saturated heterocycles. The van der Waals surface area contributed by atoms with E-state index >= 15 is 0 Å². The fraction of sp³-hybridized carbons (Fsp3) is 0.125. The first-order chi connectivity index (χ1) is 13.5. The van der Waals surface area contributed by atoms with Gasteiger partial charge in [0, 0.05) is 16.7 Å². The Morgan fingerprint density at radius 2 is 2.18 bits per heavy atom. The summed E-state index contributed by atoms with van der Waals surface area (Å²) < 4.78 is 1.45. The van der Waals surface area contributed by atoms with Crippen LogP contribution in [0.1, 0.15) is 5.01 Å². The Morgan fingerprint density at radius 3 is 2.93 bits per heavy atom. The van der Waals surface area contributed by atoms with Crippen LogP contribution in [0.4, 0.5) is 5.13 Å². The summed E-state index contributed by atoms with van der Waals surface area (Å²) in [4.78, 5) is 32.8. The van der Waals surface area contributed by atoms with E-state index in [-0.39, 0.29) is 17.2 Å². The van der Waals surface area contributed by atoms with E-state index in [1.807, 2.05) is 6.07 Å². The van der Waals surface area contributed by atoms with Crippen LogP contribution >= 0.6 is 34.7 Å². The second kappa shape index (κ2) is 7.70. The number of amides is 1. The standard InChI is InChI=1S/C16H12ClN7O2S2/c1-8-21-22-15(28-8)19-13(26)7-27-16-20-14(9-3-2-4-10(17)5-9)18-11-6-12(25)23-24(11)16/h2-6H,7H2,1H3,(H,23,25)(H,19,22,26). The lowest BCUT2D eigenvalue weighted by Gasteiger charge is -2.07. The van der Waals surface area contributed by atoms with Crippen LogP contribution in [0.3, 0.4) is 0 Å². The molecule has 28 heavy (non-hydrogen) atoms. The number of aryl methyl sites for hydroxylation is 1. The Bertz CT molecular complexity index is 1230. The van der Waals surface area contributed by atoms with Crippen molar-refractivity contribution in [2.45, 2.75) is 12.1 Å². The number of aromatic nitrogens is 6. The van der Waals surface area contributed by atoms with Gasteiger partial charge in [0.05, 0.1) is 5.75 Å². The fourth-order valence-corrected chi connectivity index (χ4v) is 3.92.